The molecule has 0 aromatic heterocycles. The first-order valence-electron chi connectivity index (χ1n) is 7.43. The number of hydrogen-bond donors (Lipinski definition) is 1. The highest BCUT2D eigenvalue weighted by molar-refractivity contribution is 5.89. The van der Waals surface area contributed by atoms with E-state index < -0.39 is 0 Å². The fourth-order valence-corrected chi connectivity index (χ4v) is 2.54. The van der Waals surface area contributed by atoms with E-state index in [4.69, 9.17) is 4.74 Å². The number of carbonyl (C=O) groups excluding carboxylic acids is 2. The molecule has 6 nitrogen and oxygen atoms in total. The molecule has 1 heterocycles. The molecule has 0 radical (unpaired) electrons. The van der Waals surface area contributed by atoms with Crippen molar-refractivity contribution in [3.8, 4) is 0 Å². The van der Waals surface area contributed by atoms with Gasteiger partial charge < -0.3 is 19.9 Å². The molecule has 1 aliphatic heterocycles. The summed E-state index contributed by atoms with van der Waals surface area (Å²) in [4.78, 5) is 28.1. The molecule has 1 fully saturated rings. The summed E-state index contributed by atoms with van der Waals surface area (Å²) in [6.07, 6.45) is 1.68. The summed E-state index contributed by atoms with van der Waals surface area (Å²) in [7, 11) is 1.63. The van der Waals surface area contributed by atoms with Gasteiger partial charge in [0.25, 0.3) is 0 Å². The Bertz CT molecular complexity index is 319. The number of likely N-dealkylation sites (N-methyl/N-ethyl adjacent to an activating group) is 1. The average molecular weight is 285 g/mol. The highest BCUT2D eigenvalue weighted by Crippen LogP contribution is 2.19. The van der Waals surface area contributed by atoms with Crippen LogP contribution < -0.4 is 5.32 Å². The van der Waals surface area contributed by atoms with E-state index in [1.54, 1.807) is 16.9 Å². The fraction of sp³-hybridized carbons (Fsp3) is 0.857. The molecule has 1 aliphatic rings. The van der Waals surface area contributed by atoms with E-state index in [9.17, 15) is 9.59 Å². The second-order valence-electron chi connectivity index (χ2n) is 4.93. The first-order valence-corrected chi connectivity index (χ1v) is 7.43. The number of methoxy groups -OCH3 is 1. The average Bonchev–Trinajstić information content (AvgIpc) is 2.94. The summed E-state index contributed by atoms with van der Waals surface area (Å²) in [6, 6.07) is -0.272. The Morgan fingerprint density at radius 1 is 1.35 bits per heavy atom. The number of carbonyl (C=O) groups is 2. The molecule has 20 heavy (non-hydrogen) atoms. The van der Waals surface area contributed by atoms with Gasteiger partial charge in [-0.3, -0.25) is 9.59 Å². The minimum absolute atomic E-state index is 0.00380. The molecule has 1 unspecified atom stereocenters. The molecule has 0 aromatic rings. The molecule has 0 spiro atoms. The quantitative estimate of drug-likeness (QED) is 0.642. The van der Waals surface area contributed by atoms with Crippen LogP contribution in [-0.4, -0.2) is 74.1 Å². The topological polar surface area (TPSA) is 61.9 Å². The van der Waals surface area contributed by atoms with Crippen molar-refractivity contribution >= 4 is 11.8 Å². The number of nitrogens with zero attached hydrogens (tertiary/aromatic N) is 2. The van der Waals surface area contributed by atoms with Gasteiger partial charge in [0.15, 0.2) is 0 Å². The molecule has 0 aromatic carbocycles. The van der Waals surface area contributed by atoms with Crippen molar-refractivity contribution in [1.82, 2.24) is 15.1 Å². The molecule has 6 heteroatoms. The van der Waals surface area contributed by atoms with E-state index in [1.165, 1.54) is 0 Å². The van der Waals surface area contributed by atoms with Crippen molar-refractivity contribution < 1.29 is 14.3 Å². The second kappa shape index (κ2) is 8.92. The highest BCUT2D eigenvalue weighted by atomic mass is 16.5. The van der Waals surface area contributed by atoms with Crippen LogP contribution in [0.2, 0.25) is 0 Å². The van der Waals surface area contributed by atoms with Crippen LogP contribution in [0.3, 0.4) is 0 Å². The fourth-order valence-electron chi connectivity index (χ4n) is 2.54. The summed E-state index contributed by atoms with van der Waals surface area (Å²) in [5.41, 5.74) is 0. The van der Waals surface area contributed by atoms with Crippen LogP contribution in [0, 0.1) is 0 Å². The van der Waals surface area contributed by atoms with Gasteiger partial charge in [-0.25, -0.2) is 0 Å². The van der Waals surface area contributed by atoms with Crippen molar-refractivity contribution in [3.05, 3.63) is 0 Å². The van der Waals surface area contributed by atoms with Gasteiger partial charge in [-0.2, -0.15) is 0 Å². The van der Waals surface area contributed by atoms with Crippen LogP contribution in [0.25, 0.3) is 0 Å². The summed E-state index contributed by atoms with van der Waals surface area (Å²) >= 11 is 0. The van der Waals surface area contributed by atoms with Crippen LogP contribution in [0.4, 0.5) is 0 Å². The largest absolute Gasteiger partial charge is 0.383 e. The zero-order chi connectivity index (χ0) is 15.0. The summed E-state index contributed by atoms with van der Waals surface area (Å²) in [6.45, 7) is 7.50. The SMILES string of the molecule is CCN(CC)C(=O)C1CCCN1C(=O)CNCCOC. The van der Waals surface area contributed by atoms with Gasteiger partial charge >= 0.3 is 0 Å². The zero-order valence-electron chi connectivity index (χ0n) is 12.9. The zero-order valence-corrected chi connectivity index (χ0v) is 12.9. The monoisotopic (exact) mass is 285 g/mol. The third kappa shape index (κ3) is 4.45. The normalized spacial score (nSPS) is 18.4. The van der Waals surface area contributed by atoms with E-state index >= 15 is 0 Å². The van der Waals surface area contributed by atoms with Crippen molar-refractivity contribution in [2.24, 2.45) is 0 Å². The molecular formula is C14H27N3O3. The lowest BCUT2D eigenvalue weighted by Gasteiger charge is -2.29. The number of ether oxygens (including phenoxy) is 1. The van der Waals surface area contributed by atoms with Gasteiger partial charge in [-0.1, -0.05) is 0 Å². The molecular weight excluding hydrogens is 258 g/mol. The molecule has 1 saturated heterocycles. The molecule has 0 saturated carbocycles. The van der Waals surface area contributed by atoms with E-state index in [-0.39, 0.29) is 24.4 Å². The third-order valence-electron chi connectivity index (χ3n) is 3.69. The number of nitrogens with one attached hydrogen (secondary N) is 1. The smallest absolute Gasteiger partial charge is 0.245 e. The summed E-state index contributed by atoms with van der Waals surface area (Å²) < 4.78 is 4.92. The maximum absolute atomic E-state index is 12.4. The number of amides is 2. The van der Waals surface area contributed by atoms with E-state index in [0.717, 1.165) is 12.8 Å². The molecule has 1 rings (SSSR count). The van der Waals surface area contributed by atoms with Crippen LogP contribution >= 0.6 is 0 Å². The van der Waals surface area contributed by atoms with Crippen LogP contribution in [-0.2, 0) is 14.3 Å². The third-order valence-corrected chi connectivity index (χ3v) is 3.69. The first-order chi connectivity index (χ1) is 9.65. The summed E-state index contributed by atoms with van der Waals surface area (Å²) in [5, 5.41) is 3.04. The Morgan fingerprint density at radius 3 is 2.65 bits per heavy atom. The predicted molar refractivity (Wildman–Crippen MR) is 77.4 cm³/mol. The molecule has 1 N–H and O–H groups in total. The molecule has 116 valence electrons. The van der Waals surface area contributed by atoms with Gasteiger partial charge in [0.05, 0.1) is 13.2 Å². The predicted octanol–water partition coefficient (Wildman–Crippen LogP) is 0.0818. The Balaban J connectivity index is 2.51. The number of rotatable bonds is 8. The first kappa shape index (κ1) is 16.9. The Kier molecular flexibility index (Phi) is 7.54. The maximum atomic E-state index is 12.4. The standard InChI is InChI=1S/C14H27N3O3/c1-4-16(5-2)14(19)12-7-6-9-17(12)13(18)11-15-8-10-20-3/h12,15H,4-11H2,1-3H3. The van der Waals surface area contributed by atoms with Crippen molar-refractivity contribution in [2.45, 2.75) is 32.7 Å². The minimum atomic E-state index is -0.272. The van der Waals surface area contributed by atoms with E-state index in [1.807, 2.05) is 13.8 Å². The van der Waals surface area contributed by atoms with Gasteiger partial charge in [-0.05, 0) is 26.7 Å². The van der Waals surface area contributed by atoms with E-state index in [2.05, 4.69) is 5.32 Å². The molecule has 2 amide bonds. The van der Waals surface area contributed by atoms with Crippen LogP contribution in [0.1, 0.15) is 26.7 Å². The molecule has 0 bridgehead atoms. The second-order valence-corrected chi connectivity index (χ2v) is 4.93. The lowest BCUT2D eigenvalue weighted by atomic mass is 10.2. The van der Waals surface area contributed by atoms with Crippen molar-refractivity contribution in [1.29, 1.82) is 0 Å². The lowest BCUT2D eigenvalue weighted by Crippen LogP contribution is -2.49. The molecule has 0 aliphatic carbocycles. The van der Waals surface area contributed by atoms with Crippen molar-refractivity contribution in [2.75, 3.05) is 46.4 Å². The maximum Gasteiger partial charge on any atom is 0.245 e. The van der Waals surface area contributed by atoms with Crippen molar-refractivity contribution in [3.63, 3.8) is 0 Å². The van der Waals surface area contributed by atoms with Gasteiger partial charge in [0.1, 0.15) is 6.04 Å². The lowest BCUT2D eigenvalue weighted by molar-refractivity contribution is -0.143. The van der Waals surface area contributed by atoms with Crippen LogP contribution in [0.15, 0.2) is 0 Å². The van der Waals surface area contributed by atoms with Gasteiger partial charge in [0, 0.05) is 33.3 Å². The summed E-state index contributed by atoms with van der Waals surface area (Å²) in [5.74, 6) is 0.0850. The van der Waals surface area contributed by atoms with Gasteiger partial charge in [0.2, 0.25) is 11.8 Å². The minimum Gasteiger partial charge on any atom is -0.383 e. The van der Waals surface area contributed by atoms with Crippen LogP contribution in [0.5, 0.6) is 0 Å². The number of likely N-dealkylation sites (tertiary alicyclic amines) is 1. The molecule has 1 atom stereocenters. The Morgan fingerprint density at radius 2 is 2.05 bits per heavy atom. The Labute approximate surface area is 121 Å². The number of hydrogen-bond acceptors (Lipinski definition) is 4. The van der Waals surface area contributed by atoms with Gasteiger partial charge in [-0.15, -0.1) is 0 Å². The Hall–Kier alpha value is -1.14. The van der Waals surface area contributed by atoms with E-state index in [0.29, 0.717) is 32.8 Å². The highest BCUT2D eigenvalue weighted by Gasteiger charge is 2.35.